The summed E-state index contributed by atoms with van der Waals surface area (Å²) in [5.74, 6) is -0.286. The highest BCUT2D eigenvalue weighted by Gasteiger charge is 2.46. The van der Waals surface area contributed by atoms with E-state index in [4.69, 9.17) is 10.00 Å². The SMILES string of the molecule is N#CC1(C(=O)Nc2cc(Br)cs2)COC1. The normalized spacial score (nSPS) is 17.6. The number of thiophene rings is 1. The van der Waals surface area contributed by atoms with E-state index in [1.165, 1.54) is 11.3 Å². The van der Waals surface area contributed by atoms with Crippen LogP contribution >= 0.6 is 27.3 Å². The van der Waals surface area contributed by atoms with Crippen LogP contribution in [0.25, 0.3) is 0 Å². The summed E-state index contributed by atoms with van der Waals surface area (Å²) in [5.41, 5.74) is -0.990. The van der Waals surface area contributed by atoms with E-state index in [9.17, 15) is 4.79 Å². The van der Waals surface area contributed by atoms with Gasteiger partial charge in [-0.05, 0) is 22.0 Å². The van der Waals surface area contributed by atoms with Gasteiger partial charge in [0, 0.05) is 9.85 Å². The van der Waals surface area contributed by atoms with E-state index in [1.54, 1.807) is 6.07 Å². The zero-order chi connectivity index (χ0) is 10.9. The summed E-state index contributed by atoms with van der Waals surface area (Å²) in [6.45, 7) is 0.365. The zero-order valence-corrected chi connectivity index (χ0v) is 10.0. The number of nitriles is 1. The Morgan fingerprint density at radius 1 is 1.73 bits per heavy atom. The first-order valence-corrected chi connectivity index (χ1v) is 5.88. The predicted molar refractivity (Wildman–Crippen MR) is 59.5 cm³/mol. The van der Waals surface area contributed by atoms with Crippen molar-refractivity contribution in [1.82, 2.24) is 0 Å². The molecular formula is C9H7BrN2O2S. The molecule has 2 heterocycles. The van der Waals surface area contributed by atoms with Crippen LogP contribution in [0.4, 0.5) is 5.00 Å². The first-order valence-electron chi connectivity index (χ1n) is 4.21. The lowest BCUT2D eigenvalue weighted by atomic mass is 9.87. The lowest BCUT2D eigenvalue weighted by Gasteiger charge is -2.32. The molecule has 4 nitrogen and oxygen atoms in total. The number of hydrogen-bond donors (Lipinski definition) is 1. The number of ether oxygens (including phenoxy) is 1. The average Bonchev–Trinajstić information content (AvgIpc) is 2.50. The fraction of sp³-hybridized carbons (Fsp3) is 0.333. The molecule has 0 bridgehead atoms. The maximum atomic E-state index is 11.7. The number of hydrogen-bond acceptors (Lipinski definition) is 4. The van der Waals surface area contributed by atoms with Gasteiger partial charge in [0.25, 0.3) is 0 Å². The second-order valence-electron chi connectivity index (χ2n) is 3.27. The molecule has 0 spiro atoms. The minimum atomic E-state index is -0.990. The molecule has 1 aliphatic heterocycles. The predicted octanol–water partition coefficient (Wildman–Crippen LogP) is 1.99. The molecule has 1 amide bonds. The molecular weight excluding hydrogens is 280 g/mol. The third-order valence-electron chi connectivity index (χ3n) is 2.15. The number of anilines is 1. The molecule has 0 saturated carbocycles. The van der Waals surface area contributed by atoms with E-state index in [2.05, 4.69) is 21.2 Å². The summed E-state index contributed by atoms with van der Waals surface area (Å²) in [6.07, 6.45) is 0. The average molecular weight is 287 g/mol. The highest BCUT2D eigenvalue weighted by molar-refractivity contribution is 9.10. The molecule has 0 aliphatic carbocycles. The second-order valence-corrected chi connectivity index (χ2v) is 5.10. The monoisotopic (exact) mass is 286 g/mol. The molecule has 0 unspecified atom stereocenters. The molecule has 15 heavy (non-hydrogen) atoms. The van der Waals surface area contributed by atoms with Gasteiger partial charge < -0.3 is 10.1 Å². The summed E-state index contributed by atoms with van der Waals surface area (Å²) < 4.78 is 5.82. The van der Waals surface area contributed by atoms with Crippen LogP contribution in [-0.2, 0) is 9.53 Å². The van der Waals surface area contributed by atoms with Crippen LogP contribution in [0.5, 0.6) is 0 Å². The summed E-state index contributed by atoms with van der Waals surface area (Å²) in [5, 5.41) is 14.2. The Labute approximate surface area is 99.0 Å². The van der Waals surface area contributed by atoms with Crippen LogP contribution in [0.3, 0.4) is 0 Å². The Balaban J connectivity index is 2.07. The number of nitrogens with one attached hydrogen (secondary N) is 1. The van der Waals surface area contributed by atoms with Crippen molar-refractivity contribution in [3.63, 3.8) is 0 Å². The van der Waals surface area contributed by atoms with Gasteiger partial charge in [-0.1, -0.05) is 0 Å². The molecule has 1 saturated heterocycles. The van der Waals surface area contributed by atoms with Gasteiger partial charge in [-0.15, -0.1) is 11.3 Å². The zero-order valence-electron chi connectivity index (χ0n) is 7.62. The topological polar surface area (TPSA) is 62.1 Å². The lowest BCUT2D eigenvalue weighted by molar-refractivity contribution is -0.144. The Morgan fingerprint density at radius 2 is 2.47 bits per heavy atom. The van der Waals surface area contributed by atoms with Crippen molar-refractivity contribution in [2.24, 2.45) is 5.41 Å². The van der Waals surface area contributed by atoms with E-state index in [-0.39, 0.29) is 19.1 Å². The first-order chi connectivity index (χ1) is 7.16. The van der Waals surface area contributed by atoms with E-state index in [0.29, 0.717) is 0 Å². The fourth-order valence-corrected chi connectivity index (χ4v) is 2.48. The number of carbonyl (C=O) groups is 1. The van der Waals surface area contributed by atoms with Gasteiger partial charge in [-0.25, -0.2) is 0 Å². The number of amides is 1. The van der Waals surface area contributed by atoms with Crippen molar-refractivity contribution < 1.29 is 9.53 Å². The van der Waals surface area contributed by atoms with E-state index < -0.39 is 5.41 Å². The smallest absolute Gasteiger partial charge is 0.250 e. The summed E-state index contributed by atoms with van der Waals surface area (Å²) in [6, 6.07) is 3.80. The molecule has 6 heteroatoms. The molecule has 1 N–H and O–H groups in total. The van der Waals surface area contributed by atoms with Gasteiger partial charge in [-0.3, -0.25) is 4.79 Å². The second kappa shape index (κ2) is 3.93. The van der Waals surface area contributed by atoms with Gasteiger partial charge >= 0.3 is 0 Å². The molecule has 0 atom stereocenters. The van der Waals surface area contributed by atoms with Crippen molar-refractivity contribution in [3.8, 4) is 6.07 Å². The van der Waals surface area contributed by atoms with Crippen LogP contribution in [-0.4, -0.2) is 19.1 Å². The Bertz CT molecular complexity index is 434. The van der Waals surface area contributed by atoms with Crippen molar-refractivity contribution in [1.29, 1.82) is 5.26 Å². The number of halogens is 1. The van der Waals surface area contributed by atoms with Gasteiger partial charge in [-0.2, -0.15) is 5.26 Å². The highest BCUT2D eigenvalue weighted by Crippen LogP contribution is 2.30. The molecule has 2 rings (SSSR count). The number of nitrogens with zero attached hydrogens (tertiary/aromatic N) is 1. The summed E-state index contributed by atoms with van der Waals surface area (Å²) >= 11 is 4.70. The maximum Gasteiger partial charge on any atom is 0.250 e. The molecule has 1 fully saturated rings. The van der Waals surface area contributed by atoms with Gasteiger partial charge in [0.2, 0.25) is 5.91 Å². The lowest BCUT2D eigenvalue weighted by Crippen LogP contribution is -2.50. The fourth-order valence-electron chi connectivity index (χ4n) is 1.16. The molecule has 1 aromatic rings. The van der Waals surface area contributed by atoms with Gasteiger partial charge in [0.1, 0.15) is 0 Å². The van der Waals surface area contributed by atoms with Crippen LogP contribution in [0.1, 0.15) is 0 Å². The molecule has 0 radical (unpaired) electrons. The van der Waals surface area contributed by atoms with Crippen molar-refractivity contribution in [3.05, 3.63) is 15.9 Å². The minimum Gasteiger partial charge on any atom is -0.377 e. The van der Waals surface area contributed by atoms with Crippen LogP contribution in [0, 0.1) is 16.7 Å². The largest absolute Gasteiger partial charge is 0.377 e. The number of rotatable bonds is 2. The quantitative estimate of drug-likeness (QED) is 0.904. The van der Waals surface area contributed by atoms with Gasteiger partial charge in [0.05, 0.1) is 24.3 Å². The van der Waals surface area contributed by atoms with Gasteiger partial charge in [0.15, 0.2) is 5.41 Å². The van der Waals surface area contributed by atoms with Crippen molar-refractivity contribution in [2.75, 3.05) is 18.5 Å². The molecule has 1 aromatic heterocycles. The van der Waals surface area contributed by atoms with E-state index >= 15 is 0 Å². The maximum absolute atomic E-state index is 11.7. The van der Waals surface area contributed by atoms with E-state index in [0.717, 1.165) is 9.47 Å². The first kappa shape index (κ1) is 10.6. The Kier molecular flexibility index (Phi) is 2.78. The Morgan fingerprint density at radius 3 is 2.87 bits per heavy atom. The Hall–Kier alpha value is -0.900. The van der Waals surface area contributed by atoms with Crippen LogP contribution < -0.4 is 5.32 Å². The standard InChI is InChI=1S/C9H7BrN2O2S/c10-6-1-7(15-2-6)12-8(13)9(3-11)4-14-5-9/h1-2H,4-5H2,(H,12,13). The van der Waals surface area contributed by atoms with Crippen LogP contribution in [0.15, 0.2) is 15.9 Å². The molecule has 0 aromatic carbocycles. The minimum absolute atomic E-state index is 0.182. The van der Waals surface area contributed by atoms with Crippen molar-refractivity contribution >= 4 is 38.2 Å². The highest BCUT2D eigenvalue weighted by atomic mass is 79.9. The summed E-state index contributed by atoms with van der Waals surface area (Å²) in [4.78, 5) is 11.7. The third-order valence-corrected chi connectivity index (χ3v) is 3.76. The molecule has 1 aliphatic rings. The van der Waals surface area contributed by atoms with E-state index in [1.807, 2.05) is 11.4 Å². The van der Waals surface area contributed by atoms with Crippen molar-refractivity contribution in [2.45, 2.75) is 0 Å². The third kappa shape index (κ3) is 1.91. The number of carbonyl (C=O) groups excluding carboxylic acids is 1. The molecule has 78 valence electrons. The van der Waals surface area contributed by atoms with Crippen LogP contribution in [0.2, 0.25) is 0 Å². The summed E-state index contributed by atoms with van der Waals surface area (Å²) in [7, 11) is 0.